The molecule has 7 nitrogen and oxygen atoms in total. The lowest BCUT2D eigenvalue weighted by Gasteiger charge is -2.30. The Hall–Kier alpha value is -1.99. The third-order valence-electron chi connectivity index (χ3n) is 3.61. The second-order valence-electron chi connectivity index (χ2n) is 5.19. The van der Waals surface area contributed by atoms with Crippen LogP contribution in [0.4, 0.5) is 5.69 Å². The van der Waals surface area contributed by atoms with Gasteiger partial charge in [0.2, 0.25) is 5.91 Å². The number of benzene rings is 1. The normalized spacial score (nSPS) is 23.4. The average Bonchev–Trinajstić information content (AvgIpc) is 2.75. The van der Waals surface area contributed by atoms with Crippen LogP contribution in [0.5, 0.6) is 0 Å². The highest BCUT2D eigenvalue weighted by molar-refractivity contribution is 5.84. The van der Waals surface area contributed by atoms with Crippen molar-refractivity contribution in [3.05, 3.63) is 39.9 Å². The largest absolute Gasteiger partial charge is 0.383 e. The van der Waals surface area contributed by atoms with Gasteiger partial charge in [-0.1, -0.05) is 0 Å². The Morgan fingerprint density at radius 1 is 1.43 bits per heavy atom. The Morgan fingerprint density at radius 2 is 2.05 bits per heavy atom. The number of nitrogens with zero attached hydrogens (tertiary/aromatic N) is 2. The molecule has 1 amide bonds. The van der Waals surface area contributed by atoms with Crippen LogP contribution in [0, 0.1) is 10.1 Å². The molecule has 1 aromatic rings. The molecule has 3 atom stereocenters. The van der Waals surface area contributed by atoms with Crippen molar-refractivity contribution in [2.24, 2.45) is 0 Å². The van der Waals surface area contributed by atoms with Crippen molar-refractivity contribution >= 4 is 11.6 Å². The molecule has 0 spiro atoms. The first kappa shape index (κ1) is 15.4. The smallest absolute Gasteiger partial charge is 0.269 e. The number of methoxy groups -OCH3 is 1. The summed E-state index contributed by atoms with van der Waals surface area (Å²) < 4.78 is 5.12. The zero-order valence-corrected chi connectivity index (χ0v) is 12.3. The number of carbonyl (C=O) groups is 1. The van der Waals surface area contributed by atoms with Gasteiger partial charge in [0.25, 0.3) is 5.69 Å². The standard InChI is InChI=1S/C14H19N3O4/c1-9(8-21-3)16-13(15-10(2)14(16)18)11-4-6-12(7-5-11)17(19)20/h4-7,9-10,13,15H,8H2,1-3H3. The van der Waals surface area contributed by atoms with E-state index in [1.54, 1.807) is 31.1 Å². The van der Waals surface area contributed by atoms with Gasteiger partial charge in [-0.15, -0.1) is 0 Å². The summed E-state index contributed by atoms with van der Waals surface area (Å²) in [6, 6.07) is 5.87. The number of non-ortho nitro benzene ring substituents is 1. The van der Waals surface area contributed by atoms with Gasteiger partial charge in [0, 0.05) is 19.2 Å². The predicted molar refractivity (Wildman–Crippen MR) is 76.6 cm³/mol. The fraction of sp³-hybridized carbons (Fsp3) is 0.500. The van der Waals surface area contributed by atoms with Gasteiger partial charge in [-0.2, -0.15) is 0 Å². The van der Waals surface area contributed by atoms with Crippen LogP contribution in [-0.4, -0.2) is 41.5 Å². The summed E-state index contributed by atoms with van der Waals surface area (Å²) in [5.74, 6) is 0.00269. The molecule has 1 aromatic carbocycles. The number of ether oxygens (including phenoxy) is 1. The number of nitrogens with one attached hydrogen (secondary N) is 1. The third-order valence-corrected chi connectivity index (χ3v) is 3.61. The molecule has 1 N–H and O–H groups in total. The molecular weight excluding hydrogens is 274 g/mol. The van der Waals surface area contributed by atoms with Gasteiger partial charge < -0.3 is 9.64 Å². The Morgan fingerprint density at radius 3 is 2.57 bits per heavy atom. The van der Waals surface area contributed by atoms with Crippen LogP contribution < -0.4 is 5.32 Å². The Kier molecular flexibility index (Phi) is 4.54. The molecule has 1 aliphatic rings. The monoisotopic (exact) mass is 293 g/mol. The summed E-state index contributed by atoms with van der Waals surface area (Å²) in [7, 11) is 1.59. The van der Waals surface area contributed by atoms with Gasteiger partial charge in [0.05, 0.1) is 23.6 Å². The van der Waals surface area contributed by atoms with Gasteiger partial charge in [0.15, 0.2) is 0 Å². The van der Waals surface area contributed by atoms with Crippen LogP contribution >= 0.6 is 0 Å². The summed E-state index contributed by atoms with van der Waals surface area (Å²) >= 11 is 0. The maximum Gasteiger partial charge on any atom is 0.269 e. The average molecular weight is 293 g/mol. The second-order valence-corrected chi connectivity index (χ2v) is 5.19. The summed E-state index contributed by atoms with van der Waals surface area (Å²) in [5.41, 5.74) is 0.855. The van der Waals surface area contributed by atoms with Crippen molar-refractivity contribution < 1.29 is 14.5 Å². The van der Waals surface area contributed by atoms with Crippen molar-refractivity contribution in [3.63, 3.8) is 0 Å². The summed E-state index contributed by atoms with van der Waals surface area (Å²) in [4.78, 5) is 24.3. The molecule has 1 aliphatic heterocycles. The lowest BCUT2D eigenvalue weighted by atomic mass is 10.1. The molecule has 3 unspecified atom stereocenters. The molecule has 1 heterocycles. The zero-order valence-electron chi connectivity index (χ0n) is 12.3. The van der Waals surface area contributed by atoms with E-state index in [0.29, 0.717) is 6.61 Å². The molecule has 0 bridgehead atoms. The van der Waals surface area contributed by atoms with E-state index >= 15 is 0 Å². The Bertz CT molecular complexity index is 532. The summed E-state index contributed by atoms with van der Waals surface area (Å²) in [6.45, 7) is 4.16. The molecule has 21 heavy (non-hydrogen) atoms. The zero-order chi connectivity index (χ0) is 15.6. The minimum atomic E-state index is -0.440. The second kappa shape index (κ2) is 6.19. The van der Waals surface area contributed by atoms with E-state index in [0.717, 1.165) is 5.56 Å². The first-order chi connectivity index (χ1) is 9.95. The van der Waals surface area contributed by atoms with Crippen molar-refractivity contribution in [3.8, 4) is 0 Å². The quantitative estimate of drug-likeness (QED) is 0.656. The number of amides is 1. The Labute approximate surface area is 123 Å². The van der Waals surface area contributed by atoms with Crippen LogP contribution in [0.3, 0.4) is 0 Å². The van der Waals surface area contributed by atoms with Crippen LogP contribution in [-0.2, 0) is 9.53 Å². The van der Waals surface area contributed by atoms with E-state index in [1.807, 2.05) is 6.92 Å². The van der Waals surface area contributed by atoms with Crippen molar-refractivity contribution in [1.29, 1.82) is 0 Å². The van der Waals surface area contributed by atoms with E-state index < -0.39 is 4.92 Å². The van der Waals surface area contributed by atoms with Gasteiger partial charge in [0.1, 0.15) is 6.17 Å². The predicted octanol–water partition coefficient (Wildman–Crippen LogP) is 1.45. The van der Waals surface area contributed by atoms with Gasteiger partial charge in [-0.3, -0.25) is 20.2 Å². The molecule has 0 saturated carbocycles. The fourth-order valence-electron chi connectivity index (χ4n) is 2.57. The van der Waals surface area contributed by atoms with Crippen LogP contribution in [0.25, 0.3) is 0 Å². The SMILES string of the molecule is COCC(C)N1C(=O)C(C)NC1c1ccc([N+](=O)[O-])cc1. The first-order valence-corrected chi connectivity index (χ1v) is 6.77. The van der Waals surface area contributed by atoms with Crippen molar-refractivity contribution in [1.82, 2.24) is 10.2 Å². The van der Waals surface area contributed by atoms with E-state index in [9.17, 15) is 14.9 Å². The van der Waals surface area contributed by atoms with E-state index in [-0.39, 0.29) is 29.8 Å². The summed E-state index contributed by atoms with van der Waals surface area (Å²) in [6.07, 6.45) is -0.293. The Balaban J connectivity index is 2.27. The minimum Gasteiger partial charge on any atom is -0.383 e. The number of nitro benzene ring substituents is 1. The number of carbonyl (C=O) groups excluding carboxylic acids is 1. The first-order valence-electron chi connectivity index (χ1n) is 6.77. The molecule has 0 aliphatic carbocycles. The van der Waals surface area contributed by atoms with Gasteiger partial charge in [-0.05, 0) is 31.5 Å². The topological polar surface area (TPSA) is 84.7 Å². The highest BCUT2D eigenvalue weighted by atomic mass is 16.6. The van der Waals surface area contributed by atoms with Gasteiger partial charge >= 0.3 is 0 Å². The molecule has 0 aromatic heterocycles. The van der Waals surface area contributed by atoms with Crippen molar-refractivity contribution in [2.45, 2.75) is 32.1 Å². The lowest BCUT2D eigenvalue weighted by molar-refractivity contribution is -0.384. The molecule has 1 saturated heterocycles. The number of rotatable bonds is 5. The third kappa shape index (κ3) is 3.03. The van der Waals surface area contributed by atoms with E-state index in [4.69, 9.17) is 4.74 Å². The van der Waals surface area contributed by atoms with Crippen LogP contribution in [0.2, 0.25) is 0 Å². The number of hydrogen-bond donors (Lipinski definition) is 1. The maximum atomic E-state index is 12.3. The number of hydrogen-bond acceptors (Lipinski definition) is 5. The van der Waals surface area contributed by atoms with Crippen LogP contribution in [0.1, 0.15) is 25.6 Å². The highest BCUT2D eigenvalue weighted by Crippen LogP contribution is 2.28. The molecule has 1 fully saturated rings. The highest BCUT2D eigenvalue weighted by Gasteiger charge is 2.39. The number of nitro groups is 1. The van der Waals surface area contributed by atoms with E-state index in [2.05, 4.69) is 5.32 Å². The lowest BCUT2D eigenvalue weighted by Crippen LogP contribution is -2.40. The molecule has 0 radical (unpaired) electrons. The fourth-order valence-corrected chi connectivity index (χ4v) is 2.57. The molecule has 7 heteroatoms. The van der Waals surface area contributed by atoms with E-state index in [1.165, 1.54) is 12.1 Å². The summed E-state index contributed by atoms with van der Waals surface area (Å²) in [5, 5.41) is 13.9. The van der Waals surface area contributed by atoms with Crippen LogP contribution in [0.15, 0.2) is 24.3 Å². The molecular formula is C14H19N3O4. The van der Waals surface area contributed by atoms with Gasteiger partial charge in [-0.25, -0.2) is 0 Å². The van der Waals surface area contributed by atoms with Crippen molar-refractivity contribution in [2.75, 3.05) is 13.7 Å². The molecule has 114 valence electrons. The maximum absolute atomic E-state index is 12.3. The molecule has 2 rings (SSSR count). The minimum absolute atomic E-state index is 0.00269.